The molecule has 144 valence electrons. The van der Waals surface area contributed by atoms with E-state index in [4.69, 9.17) is 16.1 Å². The summed E-state index contributed by atoms with van der Waals surface area (Å²) in [5.41, 5.74) is 1.31. The highest BCUT2D eigenvalue weighted by molar-refractivity contribution is 7.13. The second-order valence-electron chi connectivity index (χ2n) is 7.37. The van der Waals surface area contributed by atoms with Crippen molar-refractivity contribution in [2.24, 2.45) is 0 Å². The molecule has 1 saturated heterocycles. The van der Waals surface area contributed by atoms with Crippen LogP contribution in [0, 0.1) is 0 Å². The van der Waals surface area contributed by atoms with Gasteiger partial charge < -0.3 is 14.3 Å². The van der Waals surface area contributed by atoms with Crippen molar-refractivity contribution in [3.05, 3.63) is 58.6 Å². The van der Waals surface area contributed by atoms with E-state index in [0.29, 0.717) is 13.1 Å². The first kappa shape index (κ1) is 17.8. The quantitative estimate of drug-likeness (QED) is 0.634. The van der Waals surface area contributed by atoms with Gasteiger partial charge in [-0.25, -0.2) is 0 Å². The van der Waals surface area contributed by atoms with Crippen LogP contribution in [0.3, 0.4) is 0 Å². The fraction of sp³-hybridized carbons (Fsp3) is 0.333. The molecule has 3 heterocycles. The molecule has 2 fully saturated rings. The van der Waals surface area contributed by atoms with Gasteiger partial charge in [-0.15, -0.1) is 11.3 Å². The molecule has 5 rings (SSSR count). The lowest BCUT2D eigenvalue weighted by molar-refractivity contribution is -0.134. The van der Waals surface area contributed by atoms with Crippen LogP contribution in [-0.4, -0.2) is 42.1 Å². The molecule has 0 atom stereocenters. The molecule has 1 aromatic carbocycles. The van der Waals surface area contributed by atoms with Gasteiger partial charge in [0.25, 0.3) is 0 Å². The number of anilines is 1. The highest BCUT2D eigenvalue weighted by atomic mass is 35.5. The molecule has 1 aliphatic heterocycles. The number of piperazine rings is 1. The molecule has 1 aliphatic carbocycles. The molecule has 0 bridgehead atoms. The Morgan fingerprint density at radius 3 is 2.57 bits per heavy atom. The van der Waals surface area contributed by atoms with Crippen LogP contribution in [0.25, 0.3) is 10.6 Å². The first-order chi connectivity index (χ1) is 13.7. The predicted octanol–water partition coefficient (Wildman–Crippen LogP) is 4.44. The van der Waals surface area contributed by atoms with E-state index in [1.807, 2.05) is 52.7 Å². The van der Waals surface area contributed by atoms with Gasteiger partial charge in [-0.2, -0.15) is 0 Å². The summed E-state index contributed by atoms with van der Waals surface area (Å²) in [5, 5.41) is 7.01. The average molecular weight is 414 g/mol. The summed E-state index contributed by atoms with van der Waals surface area (Å²) in [6.45, 7) is 2.96. The van der Waals surface area contributed by atoms with Crippen LogP contribution in [0.1, 0.15) is 18.5 Å². The summed E-state index contributed by atoms with van der Waals surface area (Å²) >= 11 is 7.93. The normalized spacial score (nSPS) is 18.3. The van der Waals surface area contributed by atoms with Crippen LogP contribution in [0.15, 0.2) is 52.4 Å². The van der Waals surface area contributed by atoms with Crippen molar-refractivity contribution in [3.63, 3.8) is 0 Å². The second-order valence-corrected chi connectivity index (χ2v) is 8.72. The van der Waals surface area contributed by atoms with Crippen molar-refractivity contribution >= 4 is 34.5 Å². The first-order valence-corrected chi connectivity index (χ1v) is 10.7. The van der Waals surface area contributed by atoms with E-state index in [1.54, 1.807) is 11.3 Å². The van der Waals surface area contributed by atoms with Crippen LogP contribution in [0.2, 0.25) is 5.02 Å². The van der Waals surface area contributed by atoms with E-state index in [2.05, 4.69) is 10.1 Å². The number of carbonyl (C=O) groups excluding carboxylic acids is 1. The third kappa shape index (κ3) is 3.01. The number of benzene rings is 1. The molecule has 0 unspecified atom stereocenters. The molecule has 0 radical (unpaired) electrons. The minimum absolute atomic E-state index is 0.178. The van der Waals surface area contributed by atoms with Gasteiger partial charge in [0.05, 0.1) is 26.7 Å². The summed E-state index contributed by atoms with van der Waals surface area (Å²) < 4.78 is 5.53. The summed E-state index contributed by atoms with van der Waals surface area (Å²) in [4.78, 5) is 18.5. The van der Waals surface area contributed by atoms with E-state index in [9.17, 15) is 4.79 Å². The number of rotatable bonds is 4. The number of amides is 1. The van der Waals surface area contributed by atoms with E-state index < -0.39 is 5.41 Å². The van der Waals surface area contributed by atoms with Crippen molar-refractivity contribution in [3.8, 4) is 10.6 Å². The van der Waals surface area contributed by atoms with Crippen molar-refractivity contribution in [2.75, 3.05) is 31.1 Å². The number of nitrogens with zero attached hydrogens (tertiary/aromatic N) is 3. The third-order valence-electron chi connectivity index (χ3n) is 5.68. The Balaban J connectivity index is 1.29. The molecule has 2 aromatic heterocycles. The standard InChI is InChI=1S/C21H20ClN3O2S/c22-15-4-1-2-5-16(15)24-9-11-25(12-10-24)20(26)21(7-8-21)19-14-17(27-23-19)18-6-3-13-28-18/h1-6,13-14H,7-12H2. The van der Waals surface area contributed by atoms with Gasteiger partial charge in [-0.05, 0) is 36.4 Å². The molecule has 5 nitrogen and oxygen atoms in total. The molecular weight excluding hydrogens is 394 g/mol. The zero-order valence-electron chi connectivity index (χ0n) is 15.3. The monoisotopic (exact) mass is 413 g/mol. The molecular formula is C21H20ClN3O2S. The fourth-order valence-electron chi connectivity index (χ4n) is 3.90. The molecule has 0 N–H and O–H groups in total. The summed E-state index contributed by atoms with van der Waals surface area (Å²) in [6.07, 6.45) is 1.68. The van der Waals surface area contributed by atoms with E-state index in [1.165, 1.54) is 0 Å². The molecule has 2 aliphatic rings. The van der Waals surface area contributed by atoms with Gasteiger partial charge in [0, 0.05) is 32.2 Å². The van der Waals surface area contributed by atoms with Crippen molar-refractivity contribution in [2.45, 2.75) is 18.3 Å². The number of carbonyl (C=O) groups is 1. The molecule has 1 amide bonds. The maximum Gasteiger partial charge on any atom is 0.235 e. The van der Waals surface area contributed by atoms with Crippen molar-refractivity contribution < 1.29 is 9.32 Å². The Hall–Kier alpha value is -2.31. The molecule has 3 aromatic rings. The van der Waals surface area contributed by atoms with Gasteiger partial charge in [-0.3, -0.25) is 4.79 Å². The highest BCUT2D eigenvalue weighted by Crippen LogP contribution is 2.50. The van der Waals surface area contributed by atoms with E-state index in [0.717, 1.165) is 53.0 Å². The van der Waals surface area contributed by atoms with Gasteiger partial charge in [0.15, 0.2) is 5.76 Å². The number of hydrogen-bond acceptors (Lipinski definition) is 5. The summed E-state index contributed by atoms with van der Waals surface area (Å²) in [5.74, 6) is 0.921. The lowest BCUT2D eigenvalue weighted by atomic mass is 9.99. The van der Waals surface area contributed by atoms with Gasteiger partial charge >= 0.3 is 0 Å². The van der Waals surface area contributed by atoms with Crippen molar-refractivity contribution in [1.29, 1.82) is 0 Å². The number of halogens is 1. The lowest BCUT2D eigenvalue weighted by Crippen LogP contribution is -2.51. The fourth-order valence-corrected chi connectivity index (χ4v) is 4.83. The van der Waals surface area contributed by atoms with Gasteiger partial charge in [-0.1, -0.05) is 35.0 Å². The lowest BCUT2D eigenvalue weighted by Gasteiger charge is -2.37. The molecule has 0 spiro atoms. The molecule has 28 heavy (non-hydrogen) atoms. The minimum atomic E-state index is -0.494. The maximum atomic E-state index is 13.3. The zero-order valence-corrected chi connectivity index (χ0v) is 16.9. The van der Waals surface area contributed by atoms with Crippen LogP contribution in [0.5, 0.6) is 0 Å². The second kappa shape index (κ2) is 6.94. The van der Waals surface area contributed by atoms with Crippen LogP contribution < -0.4 is 4.90 Å². The van der Waals surface area contributed by atoms with Crippen LogP contribution in [0.4, 0.5) is 5.69 Å². The molecule has 1 saturated carbocycles. The number of aromatic nitrogens is 1. The highest BCUT2D eigenvalue weighted by Gasteiger charge is 2.55. The SMILES string of the molecule is O=C(N1CCN(c2ccccc2Cl)CC1)C1(c2cc(-c3cccs3)on2)CC1. The Labute approximate surface area is 172 Å². The maximum absolute atomic E-state index is 13.3. The van der Waals surface area contributed by atoms with Gasteiger partial charge in [0.2, 0.25) is 5.91 Å². The Kier molecular flexibility index (Phi) is 4.40. The van der Waals surface area contributed by atoms with E-state index in [-0.39, 0.29) is 5.91 Å². The Morgan fingerprint density at radius 2 is 1.89 bits per heavy atom. The van der Waals surface area contributed by atoms with Gasteiger partial charge in [0.1, 0.15) is 0 Å². The Bertz CT molecular complexity index is 989. The number of hydrogen-bond donors (Lipinski definition) is 0. The first-order valence-electron chi connectivity index (χ1n) is 9.47. The molecule has 7 heteroatoms. The minimum Gasteiger partial charge on any atom is -0.367 e. The smallest absolute Gasteiger partial charge is 0.235 e. The summed E-state index contributed by atoms with van der Waals surface area (Å²) in [6, 6.07) is 13.8. The van der Waals surface area contributed by atoms with Crippen molar-refractivity contribution in [1.82, 2.24) is 10.1 Å². The summed E-state index contributed by atoms with van der Waals surface area (Å²) in [7, 11) is 0. The number of thiophene rings is 1. The third-order valence-corrected chi connectivity index (χ3v) is 6.89. The van der Waals surface area contributed by atoms with Crippen LogP contribution in [-0.2, 0) is 10.2 Å². The zero-order chi connectivity index (χ0) is 19.1. The largest absolute Gasteiger partial charge is 0.367 e. The topological polar surface area (TPSA) is 49.6 Å². The predicted molar refractivity (Wildman–Crippen MR) is 111 cm³/mol. The van der Waals surface area contributed by atoms with E-state index >= 15 is 0 Å². The number of para-hydroxylation sites is 1. The Morgan fingerprint density at radius 1 is 1.11 bits per heavy atom. The van der Waals surface area contributed by atoms with Crippen LogP contribution >= 0.6 is 22.9 Å². The average Bonchev–Trinajstić information content (AvgIpc) is 3.13.